The molecule has 1 saturated heterocycles. The van der Waals surface area contributed by atoms with Gasteiger partial charge in [-0.25, -0.2) is 0 Å². The molecule has 1 saturated carbocycles. The summed E-state index contributed by atoms with van der Waals surface area (Å²) in [5.41, 5.74) is 0.0991. The van der Waals surface area contributed by atoms with Gasteiger partial charge in [-0.1, -0.05) is 6.92 Å². The van der Waals surface area contributed by atoms with Crippen molar-refractivity contribution in [2.45, 2.75) is 58.5 Å². The zero-order chi connectivity index (χ0) is 11.3. The monoisotopic (exact) mass is 214 g/mol. The van der Waals surface area contributed by atoms with Gasteiger partial charge in [0, 0.05) is 5.41 Å². The maximum Gasteiger partial charge on any atom is 0.163 e. The van der Waals surface area contributed by atoms with Gasteiger partial charge in [-0.3, -0.25) is 0 Å². The van der Waals surface area contributed by atoms with Gasteiger partial charge in [-0.2, -0.15) is 0 Å². The van der Waals surface area contributed by atoms with Crippen molar-refractivity contribution in [2.24, 2.45) is 11.3 Å². The lowest BCUT2D eigenvalue weighted by atomic mass is 9.56. The van der Waals surface area contributed by atoms with E-state index in [1.54, 1.807) is 0 Å². The summed E-state index contributed by atoms with van der Waals surface area (Å²) in [4.78, 5) is 0. The first-order valence-corrected chi connectivity index (χ1v) is 5.85. The van der Waals surface area contributed by atoms with Crippen molar-refractivity contribution in [1.29, 1.82) is 0 Å². The second kappa shape index (κ2) is 3.44. The molecule has 15 heavy (non-hydrogen) atoms. The van der Waals surface area contributed by atoms with Crippen molar-refractivity contribution in [3.63, 3.8) is 0 Å². The van der Waals surface area contributed by atoms with Crippen molar-refractivity contribution in [3.05, 3.63) is 0 Å². The molecule has 0 unspecified atom stereocenters. The van der Waals surface area contributed by atoms with Gasteiger partial charge in [-0.15, -0.1) is 0 Å². The first-order chi connectivity index (χ1) is 6.85. The Bertz CT molecular complexity index is 249. The maximum atomic E-state index is 9.70. The molecule has 3 nitrogen and oxygen atoms in total. The minimum Gasteiger partial charge on any atom is -0.393 e. The lowest BCUT2D eigenvalue weighted by molar-refractivity contribution is -0.181. The molecule has 0 amide bonds. The highest BCUT2D eigenvalue weighted by Crippen LogP contribution is 2.53. The van der Waals surface area contributed by atoms with Crippen LogP contribution in [0.4, 0.5) is 0 Å². The third-order valence-electron chi connectivity index (χ3n) is 4.17. The lowest BCUT2D eigenvalue weighted by Gasteiger charge is -2.51. The summed E-state index contributed by atoms with van der Waals surface area (Å²) in [7, 11) is 0. The summed E-state index contributed by atoms with van der Waals surface area (Å²) in [6.07, 6.45) is 2.14. The highest BCUT2D eigenvalue weighted by molar-refractivity contribution is 5.01. The smallest absolute Gasteiger partial charge is 0.163 e. The largest absolute Gasteiger partial charge is 0.393 e. The van der Waals surface area contributed by atoms with Crippen LogP contribution in [0.3, 0.4) is 0 Å². The van der Waals surface area contributed by atoms with Crippen LogP contribution in [0.2, 0.25) is 0 Å². The molecule has 0 bridgehead atoms. The molecular weight excluding hydrogens is 192 g/mol. The van der Waals surface area contributed by atoms with E-state index < -0.39 is 5.79 Å². The van der Waals surface area contributed by atoms with Crippen LogP contribution >= 0.6 is 0 Å². The fourth-order valence-electron chi connectivity index (χ4n) is 2.97. The molecule has 1 aliphatic heterocycles. The van der Waals surface area contributed by atoms with E-state index in [1.165, 1.54) is 0 Å². The standard InChI is InChI=1S/C12H22O3/c1-8(13)9-5-6-12(9,4)10-7-14-11(2,3)15-10/h8-10,13H,5-7H2,1-4H3/t8-,9-,10-,12+/m1/s1. The normalized spacial score (nSPS) is 46.2. The fourth-order valence-corrected chi connectivity index (χ4v) is 2.97. The molecule has 0 spiro atoms. The number of rotatable bonds is 2. The Hall–Kier alpha value is -0.120. The van der Waals surface area contributed by atoms with Crippen molar-refractivity contribution < 1.29 is 14.6 Å². The summed E-state index contributed by atoms with van der Waals surface area (Å²) in [6.45, 7) is 8.65. The fraction of sp³-hybridized carbons (Fsp3) is 1.00. The summed E-state index contributed by atoms with van der Waals surface area (Å²) in [6, 6.07) is 0. The zero-order valence-electron chi connectivity index (χ0n) is 10.1. The Morgan fingerprint density at radius 3 is 2.33 bits per heavy atom. The van der Waals surface area contributed by atoms with Crippen LogP contribution in [-0.4, -0.2) is 29.7 Å². The van der Waals surface area contributed by atoms with E-state index >= 15 is 0 Å². The third-order valence-corrected chi connectivity index (χ3v) is 4.17. The van der Waals surface area contributed by atoms with Crippen LogP contribution in [0.5, 0.6) is 0 Å². The number of hydrogen-bond donors (Lipinski definition) is 1. The molecule has 1 N–H and O–H groups in total. The van der Waals surface area contributed by atoms with E-state index in [1.807, 2.05) is 20.8 Å². The molecular formula is C12H22O3. The van der Waals surface area contributed by atoms with E-state index in [4.69, 9.17) is 9.47 Å². The van der Waals surface area contributed by atoms with Gasteiger partial charge in [0.25, 0.3) is 0 Å². The van der Waals surface area contributed by atoms with E-state index in [-0.39, 0.29) is 17.6 Å². The molecule has 0 aromatic heterocycles. The van der Waals surface area contributed by atoms with E-state index in [2.05, 4.69) is 6.92 Å². The molecule has 4 atom stereocenters. The Morgan fingerprint density at radius 1 is 1.33 bits per heavy atom. The quantitative estimate of drug-likeness (QED) is 0.763. The molecule has 2 aliphatic rings. The Kier molecular flexibility index (Phi) is 2.61. The van der Waals surface area contributed by atoms with Crippen LogP contribution in [0.15, 0.2) is 0 Å². The molecule has 3 heteroatoms. The average Bonchev–Trinajstić information content (AvgIpc) is 2.42. The molecule has 0 radical (unpaired) electrons. The summed E-state index contributed by atoms with van der Waals surface area (Å²) in [5, 5.41) is 9.70. The highest BCUT2D eigenvalue weighted by Gasteiger charge is 2.54. The highest BCUT2D eigenvalue weighted by atomic mass is 16.7. The SMILES string of the molecule is C[C@@H](O)[C@H]1CC[C@]1(C)[C@H]1COC(C)(C)O1. The Balaban J connectivity index is 2.05. The van der Waals surface area contributed by atoms with Crippen molar-refractivity contribution in [1.82, 2.24) is 0 Å². The summed E-state index contributed by atoms with van der Waals surface area (Å²) < 4.78 is 11.5. The zero-order valence-corrected chi connectivity index (χ0v) is 10.1. The predicted molar refractivity (Wildman–Crippen MR) is 57.4 cm³/mol. The van der Waals surface area contributed by atoms with Gasteiger partial charge in [0.2, 0.25) is 0 Å². The Labute approximate surface area is 91.8 Å². The van der Waals surface area contributed by atoms with Gasteiger partial charge in [0.15, 0.2) is 5.79 Å². The molecule has 0 aromatic rings. The van der Waals surface area contributed by atoms with Gasteiger partial charge in [-0.05, 0) is 39.5 Å². The topological polar surface area (TPSA) is 38.7 Å². The van der Waals surface area contributed by atoms with Crippen molar-refractivity contribution in [2.75, 3.05) is 6.61 Å². The van der Waals surface area contributed by atoms with Crippen molar-refractivity contribution in [3.8, 4) is 0 Å². The lowest BCUT2D eigenvalue weighted by Crippen LogP contribution is -2.52. The van der Waals surface area contributed by atoms with E-state index in [0.717, 1.165) is 12.8 Å². The van der Waals surface area contributed by atoms with Crippen LogP contribution in [0.25, 0.3) is 0 Å². The summed E-state index contributed by atoms with van der Waals surface area (Å²) >= 11 is 0. The molecule has 88 valence electrons. The van der Waals surface area contributed by atoms with Gasteiger partial charge in [0.1, 0.15) is 0 Å². The minimum absolute atomic E-state index is 0.0991. The Morgan fingerprint density at radius 2 is 2.00 bits per heavy atom. The third kappa shape index (κ3) is 1.81. The van der Waals surface area contributed by atoms with Crippen LogP contribution < -0.4 is 0 Å². The minimum atomic E-state index is -0.452. The van der Waals surface area contributed by atoms with Gasteiger partial charge >= 0.3 is 0 Å². The first kappa shape index (κ1) is 11.4. The van der Waals surface area contributed by atoms with Gasteiger partial charge in [0.05, 0.1) is 18.8 Å². The predicted octanol–water partition coefficient (Wildman–Crippen LogP) is 1.93. The molecule has 2 fully saturated rings. The second-order valence-corrected chi connectivity index (χ2v) is 5.71. The first-order valence-electron chi connectivity index (χ1n) is 5.85. The number of aliphatic hydroxyl groups excluding tert-OH is 1. The average molecular weight is 214 g/mol. The number of hydrogen-bond acceptors (Lipinski definition) is 3. The molecule has 2 rings (SSSR count). The number of aliphatic hydroxyl groups is 1. The van der Waals surface area contributed by atoms with Crippen LogP contribution in [0.1, 0.15) is 40.5 Å². The molecule has 1 aliphatic carbocycles. The van der Waals surface area contributed by atoms with Crippen LogP contribution in [-0.2, 0) is 9.47 Å². The second-order valence-electron chi connectivity index (χ2n) is 5.71. The van der Waals surface area contributed by atoms with Crippen LogP contribution in [0, 0.1) is 11.3 Å². The number of ether oxygens (including phenoxy) is 2. The van der Waals surface area contributed by atoms with E-state index in [9.17, 15) is 5.11 Å². The van der Waals surface area contributed by atoms with E-state index in [0.29, 0.717) is 12.5 Å². The maximum absolute atomic E-state index is 9.70. The van der Waals surface area contributed by atoms with Gasteiger partial charge < -0.3 is 14.6 Å². The van der Waals surface area contributed by atoms with Crippen molar-refractivity contribution >= 4 is 0 Å². The summed E-state index contributed by atoms with van der Waals surface area (Å²) in [5.74, 6) is -0.0908. The molecule has 1 heterocycles. The molecule has 0 aromatic carbocycles.